The summed E-state index contributed by atoms with van der Waals surface area (Å²) in [7, 11) is 0. The number of carbonyl (C=O) groups excluding carboxylic acids is 3. The van der Waals surface area contributed by atoms with Crippen LogP contribution in [0.4, 0.5) is 40.0 Å². The number of benzene rings is 4. The topological polar surface area (TPSA) is 281 Å². The Bertz CT molecular complexity index is 3310. The normalized spacial score (nSPS) is 17.9. The van der Waals surface area contributed by atoms with Crippen molar-refractivity contribution in [1.82, 2.24) is 50.8 Å². The highest BCUT2D eigenvalue weighted by Gasteiger charge is 2.30. The molecule has 0 saturated carbocycles. The minimum absolute atomic E-state index is 0.105. The Labute approximate surface area is 546 Å². The van der Waals surface area contributed by atoms with Gasteiger partial charge in [0, 0.05) is 68.3 Å². The lowest BCUT2D eigenvalue weighted by atomic mass is 10.0. The van der Waals surface area contributed by atoms with E-state index in [9.17, 15) is 14.4 Å². The van der Waals surface area contributed by atoms with Gasteiger partial charge in [-0.2, -0.15) is 29.9 Å². The zero-order chi connectivity index (χ0) is 65.0. The number of piperidine rings is 2. The number of fused-ring (bicyclic) bond motifs is 24. The molecule has 2 aromatic heterocycles. The van der Waals surface area contributed by atoms with Gasteiger partial charge in [0.2, 0.25) is 23.8 Å². The molecule has 0 aliphatic carbocycles. The quantitative estimate of drug-likeness (QED) is 0.0745. The molecule has 0 radical (unpaired) electrons. The van der Waals surface area contributed by atoms with Crippen LogP contribution in [0, 0.1) is 0 Å². The van der Waals surface area contributed by atoms with Crippen molar-refractivity contribution in [3.8, 4) is 35.0 Å². The molecule has 2 unspecified atom stereocenters. The predicted octanol–water partition coefficient (Wildman–Crippen LogP) is 12.1. The van der Waals surface area contributed by atoms with E-state index < -0.39 is 5.60 Å². The first-order chi connectivity index (χ1) is 45.3. The predicted molar refractivity (Wildman–Crippen MR) is 358 cm³/mol. The van der Waals surface area contributed by atoms with Gasteiger partial charge < -0.3 is 75.3 Å². The minimum atomic E-state index is -0.590. The molecular weight excluding hydrogens is 1180 g/mol. The van der Waals surface area contributed by atoms with Crippen LogP contribution in [0.5, 0.6) is 35.0 Å². The van der Waals surface area contributed by atoms with Crippen LogP contribution in [0.2, 0.25) is 0 Å². The first-order valence-corrected chi connectivity index (χ1v) is 33.4. The largest absolute Gasteiger partial charge is 0.494 e. The molecule has 24 heteroatoms. The minimum Gasteiger partial charge on any atom is -0.494 e. The molecule has 93 heavy (non-hydrogen) atoms. The van der Waals surface area contributed by atoms with E-state index >= 15 is 0 Å². The first kappa shape index (κ1) is 68.4. The molecule has 12 rings (SSSR count). The zero-order valence-corrected chi connectivity index (χ0v) is 54.7. The highest BCUT2D eigenvalue weighted by Crippen LogP contribution is 2.30. The molecule has 0 spiro atoms. The van der Waals surface area contributed by atoms with Crippen LogP contribution in [0.25, 0.3) is 0 Å². The van der Waals surface area contributed by atoms with Crippen LogP contribution >= 0.6 is 0 Å². The molecule has 4 aromatic carbocycles. The second kappa shape index (κ2) is 35.8. The molecule has 6 aromatic rings. The van der Waals surface area contributed by atoms with Gasteiger partial charge in [0.1, 0.15) is 28.6 Å². The van der Waals surface area contributed by atoms with Gasteiger partial charge >= 0.3 is 18.1 Å². The van der Waals surface area contributed by atoms with E-state index in [-0.39, 0.29) is 48.0 Å². The Morgan fingerprint density at radius 3 is 1.42 bits per heavy atom. The lowest BCUT2D eigenvalue weighted by Gasteiger charge is -2.34. The van der Waals surface area contributed by atoms with Crippen molar-refractivity contribution in [2.45, 2.75) is 168 Å². The van der Waals surface area contributed by atoms with E-state index in [0.717, 1.165) is 138 Å². The summed E-state index contributed by atoms with van der Waals surface area (Å²) in [6, 6.07) is 27.1. The van der Waals surface area contributed by atoms with Gasteiger partial charge in [-0.25, -0.2) is 4.79 Å². The first-order valence-electron chi connectivity index (χ1n) is 33.4. The van der Waals surface area contributed by atoms with Crippen LogP contribution < -0.4 is 65.6 Å². The second-order valence-electron chi connectivity index (χ2n) is 24.5. The molecule has 24 nitrogen and oxygen atoms in total. The summed E-state index contributed by atoms with van der Waals surface area (Å²) in [5.41, 5.74) is 3.78. The Kier molecular flexibility index (Phi) is 26.3. The van der Waals surface area contributed by atoms with E-state index in [2.05, 4.69) is 67.1 Å². The van der Waals surface area contributed by atoms with E-state index in [0.29, 0.717) is 118 Å². The van der Waals surface area contributed by atoms with Crippen molar-refractivity contribution in [3.63, 3.8) is 0 Å². The fourth-order valence-corrected chi connectivity index (χ4v) is 10.9. The Hall–Kier alpha value is -8.93. The molecule has 6 aliphatic heterocycles. The van der Waals surface area contributed by atoms with Gasteiger partial charge in [0.25, 0.3) is 11.8 Å². The van der Waals surface area contributed by atoms with Crippen LogP contribution in [0.15, 0.2) is 84.9 Å². The third-order valence-electron chi connectivity index (χ3n) is 15.7. The number of amides is 3. The van der Waals surface area contributed by atoms with E-state index in [1.807, 2.05) is 95.3 Å². The molecule has 2 saturated heterocycles. The number of ether oxygens (including phenoxy) is 7. The summed E-state index contributed by atoms with van der Waals surface area (Å²) in [4.78, 5) is 68.2. The molecule has 12 bridgehead atoms. The molecule has 2 fully saturated rings. The SMILES string of the molecule is CCOc1nc2nc(n1)Nc1ccc(C(=O)NC3CCCN(C(=O)OC(C)(C)C)C3)c(c1)OCCCCCCCCOc1ccc(cc1)CN2.CCOc1nc2nc(n1)Nc1ccc(C(=O)NC3CCCNC3)c(c1)OCCCCCCCCOc1ccc(cc1)CN2. The molecule has 6 aliphatic rings. The highest BCUT2D eigenvalue weighted by atomic mass is 16.6. The van der Waals surface area contributed by atoms with Crippen molar-refractivity contribution < 1.29 is 47.5 Å². The maximum atomic E-state index is 13.7. The van der Waals surface area contributed by atoms with E-state index in [4.69, 9.17) is 33.2 Å². The highest BCUT2D eigenvalue weighted by molar-refractivity contribution is 5.98. The average Bonchev–Trinajstić information content (AvgIpc) is 3.25. The standard InChI is InChI=1S/C37H51N7O6.C32H43N7O4/c1-5-47-35-42-33-38-24-26-14-17-29(18-15-26)48-21-10-8-6-7-9-11-22-49-31-23-27(40-34(41-33)43-35)16-19-30(31)32(45)39-28-13-12-20-44(25-28)36(46)50-37(2,3)4;1-2-41-32-38-30-34-21-23-11-14-26(15-12-23)42-18-7-5-3-4-6-8-19-43-28-20-24(36-31(37-30)39-32)13-16-27(28)29(40)35-25-10-9-17-33-22-25/h14-19,23,28H,5-13,20-22,24-25H2,1-4H3,(H,39,45)(H2,38,40,41,42,43);11-16,20,25,33H,2-10,17-19,21-22H2,1H3,(H,35,40)(H2,34,36,37,38,39). The molecule has 7 N–H and O–H groups in total. The van der Waals surface area contributed by atoms with Crippen LogP contribution in [0.1, 0.15) is 169 Å². The zero-order valence-electron chi connectivity index (χ0n) is 54.7. The number of nitrogens with zero attached hydrogens (tertiary/aromatic N) is 7. The summed E-state index contributed by atoms with van der Waals surface area (Å²) in [6.45, 7) is 16.2. The lowest BCUT2D eigenvalue weighted by molar-refractivity contribution is 0.0185. The summed E-state index contributed by atoms with van der Waals surface area (Å²) in [6.07, 6.45) is 15.8. The Morgan fingerprint density at radius 1 is 0.527 bits per heavy atom. The van der Waals surface area contributed by atoms with Crippen LogP contribution in [-0.2, 0) is 17.8 Å². The number of nitrogens with one attached hydrogen (secondary N) is 7. The van der Waals surface area contributed by atoms with Gasteiger partial charge in [-0.15, -0.1) is 0 Å². The summed E-state index contributed by atoms with van der Waals surface area (Å²) in [5, 5.41) is 22.7. The number of hydrogen-bond donors (Lipinski definition) is 7. The Balaban J connectivity index is 0.000000222. The maximum absolute atomic E-state index is 13.7. The van der Waals surface area contributed by atoms with Crippen LogP contribution in [0.3, 0.4) is 0 Å². The van der Waals surface area contributed by atoms with Crippen molar-refractivity contribution in [2.75, 3.05) is 87.1 Å². The summed E-state index contributed by atoms with van der Waals surface area (Å²) >= 11 is 0. The molecule has 2 atom stereocenters. The number of aromatic nitrogens is 6. The number of likely N-dealkylation sites (tertiary alicyclic amines) is 1. The van der Waals surface area contributed by atoms with Gasteiger partial charge in [-0.3, -0.25) is 9.59 Å². The number of rotatable bonds is 8. The fraction of sp³-hybridized carbons (Fsp3) is 0.522. The van der Waals surface area contributed by atoms with Crippen LogP contribution in [-0.4, -0.2) is 136 Å². The molecule has 8 heterocycles. The van der Waals surface area contributed by atoms with Crippen molar-refractivity contribution in [2.24, 2.45) is 0 Å². The fourth-order valence-electron chi connectivity index (χ4n) is 10.9. The molecular formula is C69H94N14O10. The maximum Gasteiger partial charge on any atom is 0.410 e. The third kappa shape index (κ3) is 23.0. The van der Waals surface area contributed by atoms with Gasteiger partial charge in [-0.05, 0) is 152 Å². The summed E-state index contributed by atoms with van der Waals surface area (Å²) < 4.78 is 41.2. The Morgan fingerprint density at radius 2 is 0.968 bits per heavy atom. The lowest BCUT2D eigenvalue weighted by Crippen LogP contribution is -2.50. The summed E-state index contributed by atoms with van der Waals surface area (Å²) in [5.74, 6) is 3.64. The average molecular weight is 1280 g/mol. The third-order valence-corrected chi connectivity index (χ3v) is 15.7. The van der Waals surface area contributed by atoms with Gasteiger partial charge in [0.15, 0.2) is 0 Å². The van der Waals surface area contributed by atoms with Crippen molar-refractivity contribution in [3.05, 3.63) is 107 Å². The molecule has 3 amide bonds. The van der Waals surface area contributed by atoms with Crippen molar-refractivity contribution in [1.29, 1.82) is 0 Å². The van der Waals surface area contributed by atoms with Gasteiger partial charge in [-0.1, -0.05) is 75.6 Å². The number of hydrogen-bond acceptors (Lipinski definition) is 21. The molecule has 500 valence electrons. The second-order valence-corrected chi connectivity index (χ2v) is 24.5. The number of anilines is 6. The monoisotopic (exact) mass is 1280 g/mol. The van der Waals surface area contributed by atoms with Crippen molar-refractivity contribution >= 4 is 53.1 Å². The number of carbonyl (C=O) groups is 3. The van der Waals surface area contributed by atoms with E-state index in [1.165, 1.54) is 0 Å². The smallest absolute Gasteiger partial charge is 0.410 e. The van der Waals surface area contributed by atoms with E-state index in [1.54, 1.807) is 29.2 Å². The van der Waals surface area contributed by atoms with Gasteiger partial charge in [0.05, 0.1) is 50.8 Å².